The molecule has 0 amide bonds. The monoisotopic (exact) mass is 426 g/mol. The molecule has 31 heavy (non-hydrogen) atoms. The summed E-state index contributed by atoms with van der Waals surface area (Å²) in [5, 5.41) is 0. The SMILES string of the molecule is C/C=C\CC1CCC(c2ccc(-c3ccc(OCCCCCC)c(F)c3F)cc2)CC1. The van der Waals surface area contributed by atoms with E-state index in [1.807, 2.05) is 12.1 Å². The van der Waals surface area contributed by atoms with E-state index in [2.05, 4.69) is 38.1 Å². The molecule has 0 unspecified atom stereocenters. The van der Waals surface area contributed by atoms with Gasteiger partial charge in [-0.3, -0.25) is 0 Å². The highest BCUT2D eigenvalue weighted by Gasteiger charge is 2.22. The zero-order chi connectivity index (χ0) is 22.1. The molecule has 168 valence electrons. The van der Waals surface area contributed by atoms with Gasteiger partial charge in [0.1, 0.15) is 0 Å². The minimum atomic E-state index is -0.892. The maximum atomic E-state index is 14.7. The molecular weight excluding hydrogens is 390 g/mol. The van der Waals surface area contributed by atoms with Crippen molar-refractivity contribution < 1.29 is 13.5 Å². The van der Waals surface area contributed by atoms with Gasteiger partial charge in [-0.2, -0.15) is 4.39 Å². The summed E-state index contributed by atoms with van der Waals surface area (Å²) in [6.45, 7) is 4.64. The minimum absolute atomic E-state index is 0.00375. The van der Waals surface area contributed by atoms with Gasteiger partial charge in [0.25, 0.3) is 0 Å². The van der Waals surface area contributed by atoms with E-state index < -0.39 is 11.6 Å². The quantitative estimate of drug-likeness (QED) is 0.272. The lowest BCUT2D eigenvalue weighted by atomic mass is 9.77. The van der Waals surface area contributed by atoms with Crippen molar-refractivity contribution in [3.05, 3.63) is 65.7 Å². The van der Waals surface area contributed by atoms with E-state index >= 15 is 0 Å². The Balaban J connectivity index is 1.61. The van der Waals surface area contributed by atoms with Crippen LogP contribution in [0.15, 0.2) is 48.6 Å². The lowest BCUT2D eigenvalue weighted by Crippen LogP contribution is -2.12. The van der Waals surface area contributed by atoms with Crippen LogP contribution in [0.3, 0.4) is 0 Å². The number of allylic oxidation sites excluding steroid dienone is 2. The van der Waals surface area contributed by atoms with Crippen LogP contribution in [-0.2, 0) is 0 Å². The number of ether oxygens (including phenoxy) is 1. The van der Waals surface area contributed by atoms with Gasteiger partial charge >= 0.3 is 0 Å². The largest absolute Gasteiger partial charge is 0.490 e. The molecule has 0 bridgehead atoms. The molecule has 0 N–H and O–H groups in total. The van der Waals surface area contributed by atoms with Crippen LogP contribution in [0.1, 0.15) is 83.1 Å². The van der Waals surface area contributed by atoms with Crippen LogP contribution in [0, 0.1) is 17.6 Å². The highest BCUT2D eigenvalue weighted by Crippen LogP contribution is 2.38. The van der Waals surface area contributed by atoms with Crippen LogP contribution in [0.5, 0.6) is 5.75 Å². The lowest BCUT2D eigenvalue weighted by Gasteiger charge is -2.28. The second-order valence-electron chi connectivity index (χ2n) is 8.79. The Morgan fingerprint density at radius 1 is 0.903 bits per heavy atom. The van der Waals surface area contributed by atoms with E-state index in [9.17, 15) is 8.78 Å². The second kappa shape index (κ2) is 12.0. The van der Waals surface area contributed by atoms with E-state index in [4.69, 9.17) is 4.74 Å². The first-order chi connectivity index (χ1) is 15.1. The highest BCUT2D eigenvalue weighted by atomic mass is 19.2. The molecule has 0 atom stereocenters. The Kier molecular flexibility index (Phi) is 9.12. The van der Waals surface area contributed by atoms with Crippen LogP contribution < -0.4 is 4.74 Å². The summed E-state index contributed by atoms with van der Waals surface area (Å²) >= 11 is 0. The third kappa shape index (κ3) is 6.41. The molecule has 1 aliphatic carbocycles. The van der Waals surface area contributed by atoms with Crippen molar-refractivity contribution >= 4 is 0 Å². The molecule has 0 radical (unpaired) electrons. The van der Waals surface area contributed by atoms with Crippen molar-refractivity contribution in [2.24, 2.45) is 5.92 Å². The van der Waals surface area contributed by atoms with Gasteiger partial charge in [0.05, 0.1) is 6.61 Å². The molecule has 1 saturated carbocycles. The first-order valence-electron chi connectivity index (χ1n) is 12.0. The minimum Gasteiger partial charge on any atom is -0.490 e. The van der Waals surface area contributed by atoms with Crippen LogP contribution in [0.4, 0.5) is 8.78 Å². The predicted octanol–water partition coefficient (Wildman–Crippen LogP) is 8.83. The predicted molar refractivity (Wildman–Crippen MR) is 126 cm³/mol. The third-order valence-corrected chi connectivity index (χ3v) is 6.55. The number of hydrogen-bond donors (Lipinski definition) is 0. The Bertz CT molecular complexity index is 833. The fourth-order valence-electron chi connectivity index (χ4n) is 4.57. The number of benzene rings is 2. The van der Waals surface area contributed by atoms with Crippen molar-refractivity contribution in [3.8, 4) is 16.9 Å². The summed E-state index contributed by atoms with van der Waals surface area (Å²) in [6, 6.07) is 11.2. The van der Waals surface area contributed by atoms with Crippen LogP contribution in [0.2, 0.25) is 0 Å². The lowest BCUT2D eigenvalue weighted by molar-refractivity contribution is 0.285. The van der Waals surface area contributed by atoms with Gasteiger partial charge in [-0.15, -0.1) is 0 Å². The van der Waals surface area contributed by atoms with Crippen LogP contribution >= 0.6 is 0 Å². The van der Waals surface area contributed by atoms with E-state index in [-0.39, 0.29) is 11.3 Å². The van der Waals surface area contributed by atoms with E-state index in [1.165, 1.54) is 37.7 Å². The maximum Gasteiger partial charge on any atom is 0.201 e. The van der Waals surface area contributed by atoms with Gasteiger partial charge in [0.2, 0.25) is 5.82 Å². The second-order valence-corrected chi connectivity index (χ2v) is 8.79. The third-order valence-electron chi connectivity index (χ3n) is 6.55. The number of unbranched alkanes of at least 4 members (excludes halogenated alkanes) is 3. The fourth-order valence-corrected chi connectivity index (χ4v) is 4.57. The van der Waals surface area contributed by atoms with E-state index in [0.717, 1.165) is 31.6 Å². The molecule has 1 fully saturated rings. The van der Waals surface area contributed by atoms with Crippen LogP contribution in [-0.4, -0.2) is 6.61 Å². The normalized spacial score (nSPS) is 19.1. The Morgan fingerprint density at radius 2 is 1.65 bits per heavy atom. The van der Waals surface area contributed by atoms with Crippen LogP contribution in [0.25, 0.3) is 11.1 Å². The molecule has 2 aromatic rings. The van der Waals surface area contributed by atoms with Crippen molar-refractivity contribution in [2.45, 2.75) is 77.6 Å². The highest BCUT2D eigenvalue weighted by molar-refractivity contribution is 5.65. The zero-order valence-corrected chi connectivity index (χ0v) is 19.0. The summed E-state index contributed by atoms with van der Waals surface area (Å²) in [5.41, 5.74) is 2.30. The topological polar surface area (TPSA) is 9.23 Å². The number of hydrogen-bond acceptors (Lipinski definition) is 1. The molecule has 1 nitrogen and oxygen atoms in total. The average molecular weight is 427 g/mol. The summed E-state index contributed by atoms with van der Waals surface area (Å²) in [6.07, 6.45) is 14.7. The van der Waals surface area contributed by atoms with Crippen molar-refractivity contribution in [2.75, 3.05) is 6.61 Å². The fraction of sp³-hybridized carbons (Fsp3) is 0.500. The Labute approximate surface area is 186 Å². The molecule has 3 heteroatoms. The van der Waals surface area contributed by atoms with Gasteiger partial charge in [-0.25, -0.2) is 4.39 Å². The Morgan fingerprint density at radius 3 is 2.32 bits per heavy atom. The molecule has 0 saturated heterocycles. The first kappa shape index (κ1) is 23.5. The van der Waals surface area contributed by atoms with Gasteiger partial charge in [0, 0.05) is 5.56 Å². The molecule has 2 aromatic carbocycles. The standard InChI is InChI=1S/C28H36F2O/c1-3-5-7-8-20-31-26-19-18-25(27(29)28(26)30)24-16-14-23(15-17-24)22-12-10-21(11-13-22)9-6-4-2/h4,6,14-19,21-22H,3,5,7-13,20H2,1-2H3/b6-4-. The van der Waals surface area contributed by atoms with Gasteiger partial charge in [-0.1, -0.05) is 62.6 Å². The molecule has 0 aromatic heterocycles. The van der Waals surface area contributed by atoms with Crippen molar-refractivity contribution in [1.82, 2.24) is 0 Å². The maximum absolute atomic E-state index is 14.7. The summed E-state index contributed by atoms with van der Waals surface area (Å²) < 4.78 is 34.7. The zero-order valence-electron chi connectivity index (χ0n) is 19.0. The van der Waals surface area contributed by atoms with Gasteiger partial charge < -0.3 is 4.74 Å². The molecule has 0 spiro atoms. The number of rotatable bonds is 10. The molecule has 3 rings (SSSR count). The van der Waals surface area contributed by atoms with Crippen molar-refractivity contribution in [1.29, 1.82) is 0 Å². The smallest absolute Gasteiger partial charge is 0.201 e. The molecular formula is C28H36F2O. The van der Waals surface area contributed by atoms with E-state index in [1.54, 1.807) is 12.1 Å². The average Bonchev–Trinajstić information content (AvgIpc) is 2.81. The summed E-state index contributed by atoms with van der Waals surface area (Å²) in [4.78, 5) is 0. The van der Waals surface area contributed by atoms with Gasteiger partial charge in [-0.05, 0) is 80.5 Å². The Hall–Kier alpha value is -2.16. The molecule has 0 aliphatic heterocycles. The van der Waals surface area contributed by atoms with Gasteiger partial charge in [0.15, 0.2) is 11.6 Å². The molecule has 0 heterocycles. The molecule has 1 aliphatic rings. The summed E-state index contributed by atoms with van der Waals surface area (Å²) in [7, 11) is 0. The summed E-state index contributed by atoms with van der Waals surface area (Å²) in [5.74, 6) is -0.346. The number of halogens is 2. The van der Waals surface area contributed by atoms with E-state index in [0.29, 0.717) is 18.1 Å². The van der Waals surface area contributed by atoms with Crippen molar-refractivity contribution in [3.63, 3.8) is 0 Å². The first-order valence-corrected chi connectivity index (χ1v) is 12.0.